The largest absolute Gasteiger partial charge is 0.480 e. The molecule has 0 heterocycles. The Morgan fingerprint density at radius 1 is 1.11 bits per heavy atom. The molecule has 0 aliphatic rings. The van der Waals surface area contributed by atoms with Crippen LogP contribution in [0.3, 0.4) is 0 Å². The highest BCUT2D eigenvalue weighted by Gasteiger charge is 2.28. The van der Waals surface area contributed by atoms with E-state index in [9.17, 15) is 29.1 Å². The first kappa shape index (κ1) is 24.6. The minimum absolute atomic E-state index is 0.0181. The molecule has 154 valence electrons. The molecule has 13 heteroatoms. The van der Waals surface area contributed by atoms with Crippen LogP contribution in [0.2, 0.25) is 0 Å². The van der Waals surface area contributed by atoms with Crippen LogP contribution in [0.1, 0.15) is 19.8 Å². The molecular formula is C14H25N5O7S. The Hall–Kier alpha value is -2.38. The Labute approximate surface area is 160 Å². The molecule has 0 saturated carbocycles. The van der Waals surface area contributed by atoms with Gasteiger partial charge in [-0.25, -0.2) is 4.79 Å². The van der Waals surface area contributed by atoms with Gasteiger partial charge in [0, 0.05) is 12.2 Å². The number of amides is 4. The first-order valence-electron chi connectivity index (χ1n) is 7.92. The highest BCUT2D eigenvalue weighted by atomic mass is 32.1. The average Bonchev–Trinajstić information content (AvgIpc) is 2.59. The molecule has 4 unspecified atom stereocenters. The van der Waals surface area contributed by atoms with Gasteiger partial charge in [-0.2, -0.15) is 12.6 Å². The van der Waals surface area contributed by atoms with Crippen LogP contribution < -0.4 is 27.4 Å². The molecule has 4 atom stereocenters. The number of aliphatic hydroxyl groups excluding tert-OH is 1. The predicted molar refractivity (Wildman–Crippen MR) is 96.4 cm³/mol. The summed E-state index contributed by atoms with van der Waals surface area (Å²) in [6, 6.07) is -3.73. The number of carbonyl (C=O) groups is 5. The van der Waals surface area contributed by atoms with E-state index in [-0.39, 0.29) is 18.6 Å². The fourth-order valence-electron chi connectivity index (χ4n) is 1.82. The zero-order valence-electron chi connectivity index (χ0n) is 14.7. The van der Waals surface area contributed by atoms with E-state index in [1.165, 1.54) is 6.92 Å². The van der Waals surface area contributed by atoms with Gasteiger partial charge in [0.1, 0.15) is 12.1 Å². The number of nitrogens with one attached hydrogen (secondary N) is 3. The Bertz CT molecular complexity index is 572. The molecule has 0 rings (SSSR count). The Balaban J connectivity index is 4.69. The monoisotopic (exact) mass is 407 g/mol. The lowest BCUT2D eigenvalue weighted by atomic mass is 10.1. The zero-order valence-corrected chi connectivity index (χ0v) is 15.6. The van der Waals surface area contributed by atoms with E-state index in [0.29, 0.717) is 0 Å². The maximum absolute atomic E-state index is 12.1. The summed E-state index contributed by atoms with van der Waals surface area (Å²) >= 11 is 3.85. The van der Waals surface area contributed by atoms with Gasteiger partial charge in [-0.3, -0.25) is 19.2 Å². The maximum atomic E-state index is 12.1. The molecule has 0 aromatic rings. The quantitative estimate of drug-likeness (QED) is 0.149. The Kier molecular flexibility index (Phi) is 11.0. The van der Waals surface area contributed by atoms with Crippen molar-refractivity contribution in [2.75, 3.05) is 12.3 Å². The fourth-order valence-corrected chi connectivity index (χ4v) is 1.98. The first-order chi connectivity index (χ1) is 12.5. The number of aliphatic carboxylic acids is 1. The second kappa shape index (κ2) is 12.1. The smallest absolute Gasteiger partial charge is 0.326 e. The average molecular weight is 407 g/mol. The Morgan fingerprint density at radius 3 is 2.15 bits per heavy atom. The van der Waals surface area contributed by atoms with Gasteiger partial charge in [-0.05, 0) is 13.3 Å². The van der Waals surface area contributed by atoms with Gasteiger partial charge in [0.15, 0.2) is 0 Å². The number of carboxylic acid groups (broad SMARTS) is 1. The van der Waals surface area contributed by atoms with E-state index in [4.69, 9.17) is 16.6 Å². The first-order valence-corrected chi connectivity index (χ1v) is 8.55. The van der Waals surface area contributed by atoms with Crippen LogP contribution in [0.15, 0.2) is 0 Å². The summed E-state index contributed by atoms with van der Waals surface area (Å²) in [5.74, 6) is -4.51. The third-order valence-electron chi connectivity index (χ3n) is 3.33. The minimum atomic E-state index is -1.37. The van der Waals surface area contributed by atoms with Gasteiger partial charge in [0.25, 0.3) is 0 Å². The number of thiol groups is 1. The molecule has 12 nitrogen and oxygen atoms in total. The van der Waals surface area contributed by atoms with E-state index < -0.39 is 60.4 Å². The highest BCUT2D eigenvalue weighted by Crippen LogP contribution is 1.98. The Morgan fingerprint density at radius 2 is 1.70 bits per heavy atom. The lowest BCUT2D eigenvalue weighted by molar-refractivity contribution is -0.142. The standard InChI is InChI=1S/C14H25N5O7S/c1-6(20)11(19-12(23)7(15)5-27)13(24)17-4-10(22)18-8(14(25)26)2-3-9(16)21/h6-8,11,20,27H,2-5,15H2,1H3,(H2,16,21)(H,17,24)(H,18,22)(H,19,23)(H,25,26). The predicted octanol–water partition coefficient (Wildman–Crippen LogP) is -3.94. The third-order valence-corrected chi connectivity index (χ3v) is 3.73. The number of nitrogens with two attached hydrogens (primary N) is 2. The number of rotatable bonds is 12. The van der Waals surface area contributed by atoms with Gasteiger partial charge in [0.2, 0.25) is 23.6 Å². The number of aliphatic hydroxyl groups is 1. The van der Waals surface area contributed by atoms with E-state index >= 15 is 0 Å². The molecule has 0 aliphatic heterocycles. The van der Waals surface area contributed by atoms with Crippen LogP contribution in [-0.2, 0) is 24.0 Å². The molecule has 0 aromatic heterocycles. The lowest BCUT2D eigenvalue weighted by Gasteiger charge is -2.22. The number of carbonyl (C=O) groups excluding carboxylic acids is 4. The third kappa shape index (κ3) is 9.77. The zero-order chi connectivity index (χ0) is 21.1. The minimum Gasteiger partial charge on any atom is -0.480 e. The molecule has 9 N–H and O–H groups in total. The SMILES string of the molecule is CC(O)C(NC(=O)C(N)CS)C(=O)NCC(=O)NC(CCC(N)=O)C(=O)O. The highest BCUT2D eigenvalue weighted by molar-refractivity contribution is 7.80. The van der Waals surface area contributed by atoms with Crippen molar-refractivity contribution in [3.05, 3.63) is 0 Å². The van der Waals surface area contributed by atoms with Crippen LogP contribution in [0.25, 0.3) is 0 Å². The second-order valence-corrected chi connectivity index (χ2v) is 6.06. The normalized spacial score (nSPS) is 15.0. The molecule has 0 bridgehead atoms. The molecule has 0 aliphatic carbocycles. The summed E-state index contributed by atoms with van der Waals surface area (Å²) in [6.45, 7) is 0.637. The summed E-state index contributed by atoms with van der Waals surface area (Å²) in [5.41, 5.74) is 10.4. The molecule has 0 radical (unpaired) electrons. The van der Waals surface area contributed by atoms with E-state index in [0.717, 1.165) is 0 Å². The van der Waals surface area contributed by atoms with Crippen LogP contribution in [0, 0.1) is 0 Å². The van der Waals surface area contributed by atoms with Crippen molar-refractivity contribution in [1.82, 2.24) is 16.0 Å². The van der Waals surface area contributed by atoms with Crippen molar-refractivity contribution >= 4 is 42.2 Å². The molecular weight excluding hydrogens is 382 g/mol. The maximum Gasteiger partial charge on any atom is 0.326 e. The van der Waals surface area contributed by atoms with Crippen LogP contribution >= 0.6 is 12.6 Å². The molecule has 0 aromatic carbocycles. The van der Waals surface area contributed by atoms with E-state index in [1.807, 2.05) is 0 Å². The van der Waals surface area contributed by atoms with Gasteiger partial charge >= 0.3 is 5.97 Å². The number of hydrogen-bond donors (Lipinski definition) is 8. The topological polar surface area (TPSA) is 214 Å². The van der Waals surface area contributed by atoms with Gasteiger partial charge in [-0.1, -0.05) is 0 Å². The summed E-state index contributed by atoms with van der Waals surface area (Å²) in [5, 5.41) is 25.1. The summed E-state index contributed by atoms with van der Waals surface area (Å²) in [4.78, 5) is 57.3. The number of primary amides is 1. The van der Waals surface area contributed by atoms with Crippen LogP contribution in [-0.4, -0.2) is 76.3 Å². The summed E-state index contributed by atoms with van der Waals surface area (Å²) in [6.07, 6.45) is -1.74. The molecule has 4 amide bonds. The lowest BCUT2D eigenvalue weighted by Crippen LogP contribution is -2.57. The van der Waals surface area contributed by atoms with Crippen molar-refractivity contribution < 1.29 is 34.2 Å². The molecule has 0 fully saturated rings. The van der Waals surface area contributed by atoms with Crippen LogP contribution in [0.4, 0.5) is 0 Å². The molecule has 0 spiro atoms. The van der Waals surface area contributed by atoms with Crippen molar-refractivity contribution in [2.45, 2.75) is 44.0 Å². The van der Waals surface area contributed by atoms with Gasteiger partial charge < -0.3 is 37.6 Å². The van der Waals surface area contributed by atoms with E-state index in [1.54, 1.807) is 0 Å². The summed E-state index contributed by atoms with van der Waals surface area (Å²) in [7, 11) is 0. The van der Waals surface area contributed by atoms with Crippen molar-refractivity contribution in [3.8, 4) is 0 Å². The fraction of sp³-hybridized carbons (Fsp3) is 0.643. The van der Waals surface area contributed by atoms with Crippen molar-refractivity contribution in [1.29, 1.82) is 0 Å². The number of hydrogen-bond acceptors (Lipinski definition) is 8. The van der Waals surface area contributed by atoms with Crippen LogP contribution in [0.5, 0.6) is 0 Å². The number of carboxylic acids is 1. The van der Waals surface area contributed by atoms with Crippen molar-refractivity contribution in [2.24, 2.45) is 11.5 Å². The van der Waals surface area contributed by atoms with Crippen molar-refractivity contribution in [3.63, 3.8) is 0 Å². The van der Waals surface area contributed by atoms with Gasteiger partial charge in [0.05, 0.1) is 18.7 Å². The second-order valence-electron chi connectivity index (χ2n) is 5.70. The summed E-state index contributed by atoms with van der Waals surface area (Å²) < 4.78 is 0. The van der Waals surface area contributed by atoms with E-state index in [2.05, 4.69) is 28.6 Å². The molecule has 27 heavy (non-hydrogen) atoms. The van der Waals surface area contributed by atoms with Gasteiger partial charge in [-0.15, -0.1) is 0 Å². The molecule has 0 saturated heterocycles.